The monoisotopic (exact) mass is 494 g/mol. The molecule has 0 saturated carbocycles. The minimum atomic E-state index is -0.695. The van der Waals surface area contributed by atoms with Crippen molar-refractivity contribution in [3.05, 3.63) is 58.1 Å². The third-order valence-corrected chi connectivity index (χ3v) is 6.50. The number of nitrogens with zero attached hydrogens (tertiary/aromatic N) is 2. The Morgan fingerprint density at radius 2 is 1.91 bits per heavy atom. The third kappa shape index (κ3) is 4.51. The van der Waals surface area contributed by atoms with Crippen LogP contribution in [0, 0.1) is 0 Å². The number of carbonyl (C=O) groups is 3. The van der Waals surface area contributed by atoms with E-state index in [1.165, 1.54) is 4.57 Å². The van der Waals surface area contributed by atoms with Gasteiger partial charge >= 0.3 is 6.09 Å². The van der Waals surface area contributed by atoms with Gasteiger partial charge in [0.25, 0.3) is 5.91 Å². The second-order valence-electron chi connectivity index (χ2n) is 9.93. The van der Waals surface area contributed by atoms with E-state index in [1.54, 1.807) is 12.1 Å². The number of nitrogens with one attached hydrogen (secondary N) is 2. The average Bonchev–Trinajstić information content (AvgIpc) is 3.34. The summed E-state index contributed by atoms with van der Waals surface area (Å²) in [6, 6.07) is 11.3. The molecule has 35 heavy (non-hydrogen) atoms. The summed E-state index contributed by atoms with van der Waals surface area (Å²) in [4.78, 5) is 39.9. The number of fused-ring (bicyclic) bond motifs is 2. The predicted octanol–water partition coefficient (Wildman–Crippen LogP) is 3.92. The van der Waals surface area contributed by atoms with Gasteiger partial charge in [-0.1, -0.05) is 23.7 Å². The SMILES string of the molecule is CC(C)(C)OC(=O)n1c(-c2ccc(Cl)c3c2C(=O)NC3)cc2cc(CN3CCNC(=O)C3)ccc21. The van der Waals surface area contributed by atoms with Crippen molar-refractivity contribution in [2.24, 2.45) is 0 Å². The molecule has 3 aromatic rings. The van der Waals surface area contributed by atoms with Gasteiger partial charge in [-0.3, -0.25) is 14.5 Å². The van der Waals surface area contributed by atoms with E-state index < -0.39 is 11.7 Å². The van der Waals surface area contributed by atoms with Crippen LogP contribution in [-0.2, 0) is 22.6 Å². The first-order chi connectivity index (χ1) is 16.6. The summed E-state index contributed by atoms with van der Waals surface area (Å²) >= 11 is 6.36. The van der Waals surface area contributed by atoms with E-state index in [9.17, 15) is 14.4 Å². The topological polar surface area (TPSA) is 92.7 Å². The maximum Gasteiger partial charge on any atom is 0.419 e. The fourth-order valence-corrected chi connectivity index (χ4v) is 4.90. The molecule has 3 heterocycles. The second-order valence-corrected chi connectivity index (χ2v) is 10.3. The zero-order valence-corrected chi connectivity index (χ0v) is 20.7. The number of ether oxygens (including phenoxy) is 1. The fraction of sp³-hybridized carbons (Fsp3) is 0.346. The third-order valence-electron chi connectivity index (χ3n) is 6.15. The van der Waals surface area contributed by atoms with Gasteiger partial charge in [-0.2, -0.15) is 0 Å². The Hall–Kier alpha value is -3.36. The largest absolute Gasteiger partial charge is 0.443 e. The molecule has 8 nitrogen and oxygen atoms in total. The zero-order valence-electron chi connectivity index (χ0n) is 19.9. The molecule has 2 aliphatic heterocycles. The van der Waals surface area contributed by atoms with Crippen molar-refractivity contribution >= 4 is 40.4 Å². The molecule has 0 atom stereocenters. The smallest absolute Gasteiger partial charge is 0.419 e. The molecule has 1 fully saturated rings. The summed E-state index contributed by atoms with van der Waals surface area (Å²) in [7, 11) is 0. The molecular formula is C26H27ClN4O4. The van der Waals surface area contributed by atoms with Gasteiger partial charge in [0.2, 0.25) is 5.91 Å². The summed E-state index contributed by atoms with van der Waals surface area (Å²) < 4.78 is 7.25. The minimum Gasteiger partial charge on any atom is -0.443 e. The van der Waals surface area contributed by atoms with Crippen molar-refractivity contribution in [3.8, 4) is 11.3 Å². The molecule has 2 aromatic carbocycles. The number of rotatable bonds is 3. The average molecular weight is 495 g/mol. The van der Waals surface area contributed by atoms with Gasteiger partial charge in [-0.15, -0.1) is 0 Å². The Bertz CT molecular complexity index is 1370. The molecule has 1 aromatic heterocycles. The molecule has 0 spiro atoms. The lowest BCUT2D eigenvalue weighted by Gasteiger charge is -2.26. The van der Waals surface area contributed by atoms with Crippen LogP contribution in [-0.4, -0.2) is 52.6 Å². The molecule has 2 N–H and O–H groups in total. The molecule has 9 heteroatoms. The zero-order chi connectivity index (χ0) is 24.9. The van der Waals surface area contributed by atoms with Crippen LogP contribution in [0.25, 0.3) is 22.2 Å². The van der Waals surface area contributed by atoms with Crippen LogP contribution in [0.15, 0.2) is 36.4 Å². The van der Waals surface area contributed by atoms with E-state index in [-0.39, 0.29) is 11.8 Å². The fourth-order valence-electron chi connectivity index (χ4n) is 4.68. The quantitative estimate of drug-likeness (QED) is 0.575. The molecule has 0 radical (unpaired) electrons. The van der Waals surface area contributed by atoms with E-state index in [2.05, 4.69) is 15.5 Å². The van der Waals surface area contributed by atoms with E-state index in [0.29, 0.717) is 53.5 Å². The minimum absolute atomic E-state index is 0.0190. The molecule has 0 bridgehead atoms. The van der Waals surface area contributed by atoms with Crippen molar-refractivity contribution in [3.63, 3.8) is 0 Å². The first-order valence-corrected chi connectivity index (χ1v) is 12.0. The van der Waals surface area contributed by atoms with Crippen LogP contribution in [0.2, 0.25) is 5.02 Å². The Morgan fingerprint density at radius 3 is 2.66 bits per heavy atom. The number of halogens is 1. The highest BCUT2D eigenvalue weighted by Crippen LogP contribution is 2.37. The first-order valence-electron chi connectivity index (χ1n) is 11.6. The van der Waals surface area contributed by atoms with Crippen molar-refractivity contribution < 1.29 is 19.1 Å². The van der Waals surface area contributed by atoms with Gasteiger partial charge in [-0.25, -0.2) is 9.36 Å². The molecule has 182 valence electrons. The molecule has 5 rings (SSSR count). The van der Waals surface area contributed by atoms with Crippen molar-refractivity contribution in [2.45, 2.75) is 39.5 Å². The first kappa shape index (κ1) is 23.4. The highest BCUT2D eigenvalue weighted by molar-refractivity contribution is 6.32. The van der Waals surface area contributed by atoms with Gasteiger partial charge in [0, 0.05) is 47.7 Å². The number of hydrogen-bond donors (Lipinski definition) is 2. The normalized spacial score (nSPS) is 16.2. The maximum atomic E-state index is 13.4. The van der Waals surface area contributed by atoms with Gasteiger partial charge in [0.15, 0.2) is 0 Å². The Kier molecular flexibility index (Phi) is 5.81. The molecular weight excluding hydrogens is 468 g/mol. The van der Waals surface area contributed by atoms with Crippen molar-refractivity contribution in [1.82, 2.24) is 20.1 Å². The van der Waals surface area contributed by atoms with Crippen molar-refractivity contribution in [2.75, 3.05) is 19.6 Å². The van der Waals surface area contributed by atoms with E-state index in [1.807, 2.05) is 45.0 Å². The number of piperazine rings is 1. The molecule has 2 amide bonds. The predicted molar refractivity (Wildman–Crippen MR) is 133 cm³/mol. The number of carbonyl (C=O) groups excluding carboxylic acids is 3. The highest BCUT2D eigenvalue weighted by atomic mass is 35.5. The summed E-state index contributed by atoms with van der Waals surface area (Å²) in [5.41, 5.74) is 3.39. The molecule has 0 aliphatic carbocycles. The highest BCUT2D eigenvalue weighted by Gasteiger charge is 2.30. The number of aromatic nitrogens is 1. The van der Waals surface area contributed by atoms with Gasteiger partial charge < -0.3 is 15.4 Å². The van der Waals surface area contributed by atoms with Crippen LogP contribution in [0.3, 0.4) is 0 Å². The van der Waals surface area contributed by atoms with Gasteiger partial charge in [0.05, 0.1) is 23.3 Å². The van der Waals surface area contributed by atoms with Crippen LogP contribution in [0.5, 0.6) is 0 Å². The van der Waals surface area contributed by atoms with Crippen LogP contribution >= 0.6 is 11.6 Å². The van der Waals surface area contributed by atoms with Crippen molar-refractivity contribution in [1.29, 1.82) is 0 Å². The summed E-state index contributed by atoms with van der Waals surface area (Å²) in [5.74, 6) is -0.201. The summed E-state index contributed by atoms with van der Waals surface area (Å²) in [5, 5.41) is 7.01. The Balaban J connectivity index is 1.63. The van der Waals surface area contributed by atoms with Crippen LogP contribution < -0.4 is 10.6 Å². The number of benzene rings is 2. The van der Waals surface area contributed by atoms with Crippen LogP contribution in [0.1, 0.15) is 42.3 Å². The lowest BCUT2D eigenvalue weighted by Crippen LogP contribution is -2.47. The standard InChI is InChI=1S/C26H27ClN4O4/c1-26(2,3)35-25(34)31-20-7-4-15(13-30-9-8-28-22(32)14-30)10-16(20)11-21(31)17-5-6-19(27)18-12-29-24(33)23(17)18/h4-7,10-11H,8-9,12-14H2,1-3H3,(H,28,32)(H,29,33). The molecule has 1 saturated heterocycles. The number of hydrogen-bond acceptors (Lipinski definition) is 5. The number of amides is 2. The van der Waals surface area contributed by atoms with E-state index in [4.69, 9.17) is 16.3 Å². The van der Waals surface area contributed by atoms with Crippen LogP contribution in [0.4, 0.5) is 4.79 Å². The second kappa shape index (κ2) is 8.70. The van der Waals surface area contributed by atoms with E-state index >= 15 is 0 Å². The van der Waals surface area contributed by atoms with Gasteiger partial charge in [-0.05, 0) is 50.6 Å². The van der Waals surface area contributed by atoms with Gasteiger partial charge in [0.1, 0.15) is 5.60 Å². The summed E-state index contributed by atoms with van der Waals surface area (Å²) in [6.07, 6.45) is -0.523. The lowest BCUT2D eigenvalue weighted by atomic mass is 10.00. The molecule has 0 unspecified atom stereocenters. The molecule has 2 aliphatic rings. The van der Waals surface area contributed by atoms with E-state index in [0.717, 1.165) is 23.1 Å². The summed E-state index contributed by atoms with van der Waals surface area (Å²) in [6.45, 7) is 8.18. The lowest BCUT2D eigenvalue weighted by molar-refractivity contribution is -0.124. The Labute approximate surface area is 208 Å². The Morgan fingerprint density at radius 1 is 1.11 bits per heavy atom. The maximum absolute atomic E-state index is 13.4.